The van der Waals surface area contributed by atoms with Crippen molar-refractivity contribution in [2.24, 2.45) is 0 Å². The molecule has 8 aromatic carbocycles. The van der Waals surface area contributed by atoms with E-state index in [4.69, 9.17) is 28.8 Å². The first-order valence-corrected chi connectivity index (χ1v) is 15.0. The molecule has 11 rings (SSSR count). The van der Waals surface area contributed by atoms with Gasteiger partial charge in [-0.2, -0.15) is 0 Å². The van der Waals surface area contributed by atoms with Crippen molar-refractivity contribution in [2.75, 3.05) is 0 Å². The Morgan fingerprint density at radius 3 is 1.41 bits per heavy atom. The Morgan fingerprint density at radius 1 is 0.294 bits per heavy atom. The molecule has 0 N–H and O–H groups in total. The highest BCUT2D eigenvalue weighted by Gasteiger charge is 2.19. The third kappa shape index (κ3) is 4.06. The van der Waals surface area contributed by atoms with E-state index in [0.29, 0.717) is 13.7 Å². The summed E-state index contributed by atoms with van der Waals surface area (Å²) in [6.07, 6.45) is 0. The molecule has 0 saturated heterocycles. The van der Waals surface area contributed by atoms with E-state index >= 15 is 0 Å². The Bertz CT molecular complexity index is 4830. The molecule has 11 aromatic rings. The minimum absolute atomic E-state index is 0.536. The van der Waals surface area contributed by atoms with E-state index in [9.17, 15) is 13.7 Å². The van der Waals surface area contributed by atoms with Crippen molar-refractivity contribution in [3.63, 3.8) is 0 Å². The highest BCUT2D eigenvalue weighted by Crippen LogP contribution is 2.40. The summed E-state index contributed by atoms with van der Waals surface area (Å²) in [6.45, 7) is 0. The number of para-hydroxylation sites is 6. The predicted octanol–water partition coefficient (Wildman–Crippen LogP) is 12.6. The molecule has 3 nitrogen and oxygen atoms in total. The highest BCUT2D eigenvalue weighted by atomic mass is 15.0. The first kappa shape index (κ1) is 11.3. The fourth-order valence-corrected chi connectivity index (χ4v) is 6.35. The number of benzene rings is 8. The molecular formula is C48H31N3. The average molecular weight is 681 g/mol. The van der Waals surface area contributed by atoms with Crippen LogP contribution in [0.5, 0.6) is 0 Å². The molecule has 0 bridgehead atoms. The molecule has 0 aliphatic carbocycles. The summed E-state index contributed by atoms with van der Waals surface area (Å²) in [6, 6.07) is -30.0. The zero-order valence-electron chi connectivity index (χ0n) is 56.3. The minimum Gasteiger partial charge on any atom is -0.309 e. The first-order chi connectivity index (χ1) is 38.2. The van der Waals surface area contributed by atoms with Gasteiger partial charge in [0, 0.05) is 49.3 Å². The van der Waals surface area contributed by atoms with Crippen molar-refractivity contribution in [3.05, 3.63) is 187 Å². The number of nitrogens with zero attached hydrogens (tertiary/aromatic N) is 3. The lowest BCUT2D eigenvalue weighted by Crippen LogP contribution is -1.97. The molecular weight excluding hydrogens is 619 g/mol. The quantitative estimate of drug-likeness (QED) is 0.176. The van der Waals surface area contributed by atoms with Gasteiger partial charge < -0.3 is 13.7 Å². The summed E-state index contributed by atoms with van der Waals surface area (Å²) in [5, 5.41) is -3.66. The van der Waals surface area contributed by atoms with Crippen LogP contribution in [-0.4, -0.2) is 13.7 Å². The molecule has 0 saturated carbocycles. The second-order valence-corrected chi connectivity index (χ2v) is 11.0. The normalized spacial score (nSPS) is 20.4. The molecule has 0 unspecified atom stereocenters. The lowest BCUT2D eigenvalue weighted by Gasteiger charge is -2.14. The van der Waals surface area contributed by atoms with Gasteiger partial charge in [-0.05, 0) is 72.0 Å². The Hall–Kier alpha value is -6.84. The Morgan fingerprint density at radius 2 is 0.765 bits per heavy atom. The Labute approximate surface area is 338 Å². The zero-order chi connectivity index (χ0) is 60.4. The highest BCUT2D eigenvalue weighted by molar-refractivity contribution is 6.13. The molecule has 0 amide bonds. The number of hydrogen-bond acceptors (Lipinski definition) is 0. The van der Waals surface area contributed by atoms with E-state index in [2.05, 4.69) is 0 Å². The zero-order valence-corrected chi connectivity index (χ0v) is 25.3. The van der Waals surface area contributed by atoms with Crippen molar-refractivity contribution in [3.8, 4) is 28.2 Å². The summed E-state index contributed by atoms with van der Waals surface area (Å²) in [7, 11) is 0. The van der Waals surface area contributed by atoms with Gasteiger partial charge in [0.25, 0.3) is 0 Å². The van der Waals surface area contributed by atoms with E-state index in [0.717, 1.165) is 0 Å². The minimum atomic E-state index is -1.16. The number of hydrogen-bond donors (Lipinski definition) is 0. The van der Waals surface area contributed by atoms with Crippen LogP contribution in [0.25, 0.3) is 93.6 Å². The molecule has 0 fully saturated rings. The molecule has 0 radical (unpaired) electrons. The lowest BCUT2D eigenvalue weighted by atomic mass is 10.0. The van der Waals surface area contributed by atoms with Gasteiger partial charge >= 0.3 is 0 Å². The summed E-state index contributed by atoms with van der Waals surface area (Å²) < 4.78 is 283. The molecule has 0 aliphatic rings. The number of rotatable bonds is 4. The van der Waals surface area contributed by atoms with Crippen LogP contribution in [0.2, 0.25) is 0 Å². The summed E-state index contributed by atoms with van der Waals surface area (Å²) in [4.78, 5) is 0. The Kier molecular flexibility index (Phi) is 2.41. The maximum absolute atomic E-state index is 10.1. The second-order valence-electron chi connectivity index (χ2n) is 11.0. The van der Waals surface area contributed by atoms with Crippen molar-refractivity contribution in [1.29, 1.82) is 0 Å². The molecule has 0 atom stereocenters. The molecule has 238 valence electrons. The monoisotopic (exact) mass is 680 g/mol. The van der Waals surface area contributed by atoms with Gasteiger partial charge in [0.2, 0.25) is 0 Å². The topological polar surface area (TPSA) is 14.8 Å². The maximum atomic E-state index is 10.1. The molecule has 51 heavy (non-hydrogen) atoms. The molecule has 0 aliphatic heterocycles. The number of fused-ring (bicyclic) bond motifs is 9. The summed E-state index contributed by atoms with van der Waals surface area (Å²) in [5.74, 6) is 0. The first-order valence-electron chi connectivity index (χ1n) is 30.5. The van der Waals surface area contributed by atoms with Crippen LogP contribution in [0.3, 0.4) is 0 Å². The number of aromatic nitrogens is 3. The van der Waals surface area contributed by atoms with Crippen molar-refractivity contribution >= 4 is 65.4 Å². The van der Waals surface area contributed by atoms with Gasteiger partial charge in [0.05, 0.1) is 81.3 Å². The third-order valence-corrected chi connectivity index (χ3v) is 8.41. The predicted molar refractivity (Wildman–Crippen MR) is 215 cm³/mol. The van der Waals surface area contributed by atoms with Gasteiger partial charge in [0.15, 0.2) is 0 Å². The van der Waals surface area contributed by atoms with Crippen LogP contribution in [0, 0.1) is 0 Å². The van der Waals surface area contributed by atoms with Gasteiger partial charge in [0.1, 0.15) is 0 Å². The standard InChI is InChI=1S/C48H31N3/c1-2-14-33(15-3-1)49-43-22-10-5-19-38(43)40-28-27-34(31-48(40)49)50-44-23-11-8-20-39(44)41-30-32(26-29-47(41)50)35-16-4-9-21-42(35)51-45-24-12-6-17-36(45)37-18-7-13-25-46(37)51/h1-31H/i1D,2D,3D,4D,5D,6D,7D,8D,9D,10D,11D,12D,13D,14D,15D,16D,17D,18D,19D,20D,21D,22D,23D,24D,25D,26D,27D,28D,29D,30D,31D. The Balaban J connectivity index is 1.40. The molecule has 3 heteroatoms. The van der Waals surface area contributed by atoms with Crippen LogP contribution in [-0.2, 0) is 0 Å². The van der Waals surface area contributed by atoms with Crippen LogP contribution in [0.1, 0.15) is 42.5 Å². The second kappa shape index (κ2) is 10.8. The molecule has 0 spiro atoms. The van der Waals surface area contributed by atoms with Crippen molar-refractivity contribution in [2.45, 2.75) is 0 Å². The van der Waals surface area contributed by atoms with Crippen molar-refractivity contribution in [1.82, 2.24) is 13.7 Å². The maximum Gasteiger partial charge on any atom is 0.0667 e. The summed E-state index contributed by atoms with van der Waals surface area (Å²) >= 11 is 0. The fraction of sp³-hybridized carbons (Fsp3) is 0. The van der Waals surface area contributed by atoms with Crippen LogP contribution in [0.15, 0.2) is 187 Å². The average Bonchev–Trinajstić information content (AvgIpc) is 3.62. The van der Waals surface area contributed by atoms with Gasteiger partial charge in [-0.25, -0.2) is 0 Å². The third-order valence-electron chi connectivity index (χ3n) is 8.41. The van der Waals surface area contributed by atoms with E-state index < -0.39 is 281 Å². The fourth-order valence-electron chi connectivity index (χ4n) is 6.35. The molecule has 3 aromatic heterocycles. The van der Waals surface area contributed by atoms with Crippen LogP contribution >= 0.6 is 0 Å². The lowest BCUT2D eigenvalue weighted by molar-refractivity contribution is 1.15. The van der Waals surface area contributed by atoms with E-state index in [1.54, 1.807) is 0 Å². The van der Waals surface area contributed by atoms with Crippen LogP contribution in [0.4, 0.5) is 0 Å². The SMILES string of the molecule is [2H]c1c([2H])c([2H])c(-n2c3c([2H])c([2H])c([2H])c([2H])c3c3c([2H])c([2H])c(-n4c5c([2H])c([2H])c([2H])c([2H])c5c5c([2H])c(-c6c([2H])c([2H])c([2H])c([2H])c6-n6c7c([2H])c([2H])c([2H])c([2H])c7c7c([2H])c([2H])c([2H])c([2H])c76)c([2H])c([2H])c54)c([2H])c32)c([2H])c1[2H]. The van der Waals surface area contributed by atoms with Gasteiger partial charge in [-0.1, -0.05) is 121 Å². The van der Waals surface area contributed by atoms with E-state index in [1.807, 2.05) is 0 Å². The van der Waals surface area contributed by atoms with Gasteiger partial charge in [-0.3, -0.25) is 0 Å². The van der Waals surface area contributed by atoms with Crippen molar-refractivity contribution < 1.29 is 42.5 Å². The van der Waals surface area contributed by atoms with Crippen LogP contribution < -0.4 is 0 Å². The van der Waals surface area contributed by atoms with Gasteiger partial charge in [-0.15, -0.1) is 0 Å². The van der Waals surface area contributed by atoms with E-state index in [-0.39, 0.29) is 0 Å². The summed E-state index contributed by atoms with van der Waals surface area (Å²) in [5.41, 5.74) is -8.64. The largest absolute Gasteiger partial charge is 0.309 e. The smallest absolute Gasteiger partial charge is 0.0667 e. The molecule has 3 heterocycles. The van der Waals surface area contributed by atoms with E-state index in [1.165, 1.54) is 0 Å².